The molecule has 2 aromatic heterocycles. The van der Waals surface area contributed by atoms with E-state index in [0.717, 1.165) is 42.4 Å². The van der Waals surface area contributed by atoms with Gasteiger partial charge in [-0.2, -0.15) is 0 Å². The van der Waals surface area contributed by atoms with E-state index >= 15 is 0 Å². The summed E-state index contributed by atoms with van der Waals surface area (Å²) in [6.45, 7) is 3.66. The van der Waals surface area contributed by atoms with Crippen LogP contribution < -0.4 is 10.2 Å². The summed E-state index contributed by atoms with van der Waals surface area (Å²) in [7, 11) is 0. The van der Waals surface area contributed by atoms with Crippen LogP contribution in [0, 0.1) is 11.7 Å². The Labute approximate surface area is 175 Å². The number of nitrogens with zero attached hydrogens (tertiary/aromatic N) is 3. The predicted molar refractivity (Wildman–Crippen MR) is 113 cm³/mol. The second kappa shape index (κ2) is 8.65. The van der Waals surface area contributed by atoms with Gasteiger partial charge in [0.05, 0.1) is 6.20 Å². The van der Waals surface area contributed by atoms with Crippen LogP contribution in [-0.2, 0) is 4.79 Å². The van der Waals surface area contributed by atoms with Crippen LogP contribution >= 0.6 is 0 Å². The Balaban J connectivity index is 1.71. The van der Waals surface area contributed by atoms with Gasteiger partial charge in [-0.15, -0.1) is 9.94 Å². The minimum Gasteiger partial charge on any atom is -0.393 e. The molecule has 6 nitrogen and oxygen atoms in total. The fourth-order valence-corrected chi connectivity index (χ4v) is 3.52. The van der Waals surface area contributed by atoms with E-state index in [1.54, 1.807) is 18.3 Å². The van der Waals surface area contributed by atoms with Gasteiger partial charge in [-0.1, -0.05) is 13.8 Å². The molecule has 4 rings (SSSR count). The quantitative estimate of drug-likeness (QED) is 0.641. The van der Waals surface area contributed by atoms with E-state index in [-0.39, 0.29) is 23.7 Å². The zero-order valence-corrected chi connectivity index (χ0v) is 17.1. The highest BCUT2D eigenvalue weighted by atomic mass is 19.1. The molecule has 30 heavy (non-hydrogen) atoms. The van der Waals surface area contributed by atoms with E-state index in [1.165, 1.54) is 17.0 Å². The number of hydrogen-bond acceptors (Lipinski definition) is 4. The fourth-order valence-electron chi connectivity index (χ4n) is 3.52. The Morgan fingerprint density at radius 1 is 1.17 bits per heavy atom. The molecule has 0 radical (unpaired) electrons. The summed E-state index contributed by atoms with van der Waals surface area (Å²) in [6, 6.07) is 9.89. The molecule has 1 N–H and O–H groups in total. The first kappa shape index (κ1) is 20.1. The molecule has 2 heterocycles. The number of anilines is 1. The second-order valence-electron chi connectivity index (χ2n) is 7.89. The first-order chi connectivity index (χ1) is 14.5. The van der Waals surface area contributed by atoms with Crippen molar-refractivity contribution in [3.05, 3.63) is 54.6 Å². The lowest BCUT2D eigenvalue weighted by molar-refractivity contribution is -0.118. The van der Waals surface area contributed by atoms with Crippen LogP contribution in [0.3, 0.4) is 0 Å². The summed E-state index contributed by atoms with van der Waals surface area (Å²) in [4.78, 5) is 23.9. The summed E-state index contributed by atoms with van der Waals surface area (Å²) in [5, 5.41) is 7.46. The third-order valence-corrected chi connectivity index (χ3v) is 5.22. The van der Waals surface area contributed by atoms with Crippen molar-refractivity contribution in [3.63, 3.8) is 0 Å². The van der Waals surface area contributed by atoms with Crippen molar-refractivity contribution in [2.24, 2.45) is 5.92 Å². The smallest absolute Gasteiger partial charge is 0.228 e. The lowest BCUT2D eigenvalue weighted by Gasteiger charge is -2.11. The van der Waals surface area contributed by atoms with Gasteiger partial charge in [-0.3, -0.25) is 4.79 Å². The Bertz CT molecular complexity index is 1020. The second-order valence-corrected chi connectivity index (χ2v) is 7.89. The number of carbonyl (C=O) groups is 1. The van der Waals surface area contributed by atoms with Gasteiger partial charge in [-0.05, 0) is 67.6 Å². The Hall–Kier alpha value is -3.22. The van der Waals surface area contributed by atoms with Gasteiger partial charge in [0.2, 0.25) is 5.91 Å². The van der Waals surface area contributed by atoms with E-state index in [1.807, 2.05) is 32.2 Å². The van der Waals surface area contributed by atoms with Crippen molar-refractivity contribution in [1.82, 2.24) is 14.9 Å². The minimum absolute atomic E-state index is 0.0985. The van der Waals surface area contributed by atoms with Gasteiger partial charge in [0, 0.05) is 23.2 Å². The molecule has 0 unspecified atom stereocenters. The van der Waals surface area contributed by atoms with Crippen molar-refractivity contribution in [3.8, 4) is 22.4 Å². The van der Waals surface area contributed by atoms with E-state index in [4.69, 9.17) is 4.84 Å². The highest BCUT2D eigenvalue weighted by molar-refractivity contribution is 5.92. The van der Waals surface area contributed by atoms with Crippen LogP contribution in [0.4, 0.5) is 10.2 Å². The maximum Gasteiger partial charge on any atom is 0.228 e. The third kappa shape index (κ3) is 4.50. The number of rotatable bonds is 6. The lowest BCUT2D eigenvalue weighted by atomic mass is 10.0. The number of carbonyl (C=O) groups excluding carboxylic acids is 1. The molecule has 0 aliphatic heterocycles. The molecule has 1 aliphatic rings. The lowest BCUT2D eigenvalue weighted by Crippen LogP contribution is -2.22. The van der Waals surface area contributed by atoms with Crippen molar-refractivity contribution >= 4 is 11.7 Å². The molecule has 156 valence electrons. The molecule has 1 saturated carbocycles. The van der Waals surface area contributed by atoms with Gasteiger partial charge < -0.3 is 10.2 Å². The Kier molecular flexibility index (Phi) is 5.79. The summed E-state index contributed by atoms with van der Waals surface area (Å²) < 4.78 is 13.4. The van der Waals surface area contributed by atoms with Crippen molar-refractivity contribution < 1.29 is 14.0 Å². The highest BCUT2D eigenvalue weighted by Crippen LogP contribution is 2.32. The van der Waals surface area contributed by atoms with Gasteiger partial charge in [0.1, 0.15) is 23.4 Å². The van der Waals surface area contributed by atoms with Gasteiger partial charge in [-0.25, -0.2) is 9.37 Å². The summed E-state index contributed by atoms with van der Waals surface area (Å²) in [5.41, 5.74) is 3.12. The first-order valence-corrected chi connectivity index (χ1v) is 10.3. The largest absolute Gasteiger partial charge is 0.393 e. The van der Waals surface area contributed by atoms with Crippen LogP contribution in [0.15, 0.2) is 48.8 Å². The minimum atomic E-state index is -0.301. The highest BCUT2D eigenvalue weighted by Gasteiger charge is 2.20. The maximum atomic E-state index is 13.4. The number of aromatic nitrogens is 3. The number of amides is 1. The molecule has 1 amide bonds. The number of benzene rings is 1. The molecule has 1 fully saturated rings. The topological polar surface area (TPSA) is 69.0 Å². The van der Waals surface area contributed by atoms with Gasteiger partial charge >= 0.3 is 0 Å². The maximum absolute atomic E-state index is 13.4. The van der Waals surface area contributed by atoms with Gasteiger partial charge in [0.25, 0.3) is 0 Å². The third-order valence-electron chi connectivity index (χ3n) is 5.22. The van der Waals surface area contributed by atoms with E-state index in [9.17, 15) is 9.18 Å². The molecule has 0 bridgehead atoms. The van der Waals surface area contributed by atoms with Crippen LogP contribution in [0.1, 0.15) is 39.5 Å². The van der Waals surface area contributed by atoms with Crippen LogP contribution in [0.25, 0.3) is 22.4 Å². The molecule has 1 aromatic carbocycles. The average molecular weight is 408 g/mol. The van der Waals surface area contributed by atoms with Crippen LogP contribution in [0.2, 0.25) is 0 Å². The van der Waals surface area contributed by atoms with E-state index in [0.29, 0.717) is 11.5 Å². The summed E-state index contributed by atoms with van der Waals surface area (Å²) in [6.07, 6.45) is 7.98. The Morgan fingerprint density at radius 2 is 1.90 bits per heavy atom. The number of hydrogen-bond donors (Lipinski definition) is 1. The SMILES string of the molecule is CC(C)C(=O)Nc1cc(-c2cn(OC3CCCC3)nc2-c2ccc(F)cc2)ccn1. The zero-order valence-electron chi connectivity index (χ0n) is 17.1. The van der Waals surface area contributed by atoms with E-state index in [2.05, 4.69) is 15.4 Å². The van der Waals surface area contributed by atoms with Crippen molar-refractivity contribution in [2.75, 3.05) is 5.32 Å². The monoisotopic (exact) mass is 408 g/mol. The molecular weight excluding hydrogens is 383 g/mol. The van der Waals surface area contributed by atoms with Gasteiger partial charge in [0.15, 0.2) is 0 Å². The molecule has 3 aromatic rings. The summed E-state index contributed by atoms with van der Waals surface area (Å²) in [5.74, 6) is -0.0725. The van der Waals surface area contributed by atoms with Crippen molar-refractivity contribution in [2.45, 2.75) is 45.6 Å². The summed E-state index contributed by atoms with van der Waals surface area (Å²) >= 11 is 0. The standard InChI is InChI=1S/C23H25FN4O2/c1-15(2)23(29)26-21-13-17(11-12-25-21)20-14-28(30-19-5-3-4-6-19)27-22(20)16-7-9-18(24)10-8-16/h7-15,19H,3-6H2,1-2H3,(H,25,26,29). The number of pyridine rings is 1. The molecule has 0 saturated heterocycles. The predicted octanol–water partition coefficient (Wildman–Crippen LogP) is 4.72. The first-order valence-electron chi connectivity index (χ1n) is 10.3. The molecule has 0 spiro atoms. The van der Waals surface area contributed by atoms with Crippen LogP contribution in [-0.4, -0.2) is 26.9 Å². The number of halogens is 1. The molecular formula is C23H25FN4O2. The zero-order chi connectivity index (χ0) is 21.1. The van der Waals surface area contributed by atoms with E-state index < -0.39 is 0 Å². The Morgan fingerprint density at radius 3 is 2.60 bits per heavy atom. The number of nitrogens with one attached hydrogen (secondary N) is 1. The van der Waals surface area contributed by atoms with Crippen LogP contribution in [0.5, 0.6) is 0 Å². The molecule has 1 aliphatic carbocycles. The fraction of sp³-hybridized carbons (Fsp3) is 0.348. The normalized spacial score (nSPS) is 14.3. The van der Waals surface area contributed by atoms with Crippen molar-refractivity contribution in [1.29, 1.82) is 0 Å². The average Bonchev–Trinajstić information content (AvgIpc) is 3.39. The molecule has 7 heteroatoms. The molecule has 0 atom stereocenters.